The van der Waals surface area contributed by atoms with Crippen molar-refractivity contribution in [2.45, 2.75) is 58.5 Å². The smallest absolute Gasteiger partial charge is 0.157 e. The maximum atomic E-state index is 4.55. The van der Waals surface area contributed by atoms with Gasteiger partial charge in [0, 0.05) is 31.2 Å². The normalized spacial score (nSPS) is 22.8. The molecule has 2 aromatic rings. The highest BCUT2D eigenvalue weighted by Gasteiger charge is 2.19. The van der Waals surface area contributed by atoms with Crippen LogP contribution < -0.4 is 5.32 Å². The van der Waals surface area contributed by atoms with E-state index in [0.717, 1.165) is 23.8 Å². The molecule has 0 atom stereocenters. The van der Waals surface area contributed by atoms with Gasteiger partial charge in [0.25, 0.3) is 0 Å². The molecule has 2 aromatic heterocycles. The molecule has 114 valence electrons. The molecular weight excluding hydrogens is 260 g/mol. The molecule has 0 unspecified atom stereocenters. The summed E-state index contributed by atoms with van der Waals surface area (Å²) >= 11 is 0. The van der Waals surface area contributed by atoms with E-state index in [1.54, 1.807) is 0 Å². The Bertz CT molecular complexity index is 609. The van der Waals surface area contributed by atoms with Crippen molar-refractivity contribution in [2.24, 2.45) is 13.0 Å². The molecule has 2 heterocycles. The lowest BCUT2D eigenvalue weighted by Gasteiger charge is -2.28. The highest BCUT2D eigenvalue weighted by Crippen LogP contribution is 2.26. The first-order valence-corrected chi connectivity index (χ1v) is 8.19. The Balaban J connectivity index is 1.62. The van der Waals surface area contributed by atoms with Crippen LogP contribution in [0.4, 0.5) is 0 Å². The van der Waals surface area contributed by atoms with E-state index in [0.29, 0.717) is 6.04 Å². The quantitative estimate of drug-likeness (QED) is 0.937. The van der Waals surface area contributed by atoms with Gasteiger partial charge in [-0.25, -0.2) is 4.98 Å². The van der Waals surface area contributed by atoms with Crippen LogP contribution in [0.25, 0.3) is 11.0 Å². The second-order valence-electron chi connectivity index (χ2n) is 6.43. The average Bonchev–Trinajstić information content (AvgIpc) is 2.80. The third kappa shape index (κ3) is 3.10. The summed E-state index contributed by atoms with van der Waals surface area (Å²) in [7, 11) is 1.95. The number of hydrogen-bond acceptors (Lipinski definition) is 3. The first kappa shape index (κ1) is 14.5. The van der Waals surface area contributed by atoms with Crippen molar-refractivity contribution in [3.05, 3.63) is 23.5 Å². The van der Waals surface area contributed by atoms with Crippen molar-refractivity contribution in [1.29, 1.82) is 0 Å². The molecule has 21 heavy (non-hydrogen) atoms. The molecule has 0 aliphatic heterocycles. The van der Waals surface area contributed by atoms with Crippen molar-refractivity contribution < 1.29 is 0 Å². The van der Waals surface area contributed by atoms with Crippen LogP contribution in [0.15, 0.2) is 12.3 Å². The molecule has 3 rings (SSSR count). The highest BCUT2D eigenvalue weighted by molar-refractivity contribution is 5.78. The summed E-state index contributed by atoms with van der Waals surface area (Å²) in [5.41, 5.74) is 3.29. The molecule has 4 heteroatoms. The molecule has 1 aliphatic carbocycles. The van der Waals surface area contributed by atoms with E-state index in [-0.39, 0.29) is 0 Å². The molecule has 0 aromatic carbocycles. The van der Waals surface area contributed by atoms with Gasteiger partial charge in [0.15, 0.2) is 5.65 Å². The predicted molar refractivity (Wildman–Crippen MR) is 86.1 cm³/mol. The van der Waals surface area contributed by atoms with Crippen molar-refractivity contribution in [3.63, 3.8) is 0 Å². The first-order chi connectivity index (χ1) is 10.2. The number of nitrogens with zero attached hydrogens (tertiary/aromatic N) is 3. The molecule has 1 saturated carbocycles. The fraction of sp³-hybridized carbons (Fsp3) is 0.647. The van der Waals surface area contributed by atoms with Gasteiger partial charge in [-0.2, -0.15) is 5.10 Å². The second kappa shape index (κ2) is 6.14. The fourth-order valence-corrected chi connectivity index (χ4v) is 3.48. The molecule has 1 aliphatic rings. The van der Waals surface area contributed by atoms with Crippen molar-refractivity contribution in [3.8, 4) is 0 Å². The fourth-order valence-electron chi connectivity index (χ4n) is 3.48. The molecule has 0 radical (unpaired) electrons. The van der Waals surface area contributed by atoms with Gasteiger partial charge in [0.05, 0.1) is 5.69 Å². The van der Waals surface area contributed by atoms with Crippen molar-refractivity contribution in [1.82, 2.24) is 20.1 Å². The Hall–Kier alpha value is -1.42. The molecule has 4 nitrogen and oxygen atoms in total. The van der Waals surface area contributed by atoms with Crippen molar-refractivity contribution >= 4 is 11.0 Å². The number of nitrogens with one attached hydrogen (secondary N) is 1. The van der Waals surface area contributed by atoms with Gasteiger partial charge in [-0.1, -0.05) is 13.3 Å². The van der Waals surface area contributed by atoms with Crippen LogP contribution in [-0.2, 0) is 13.6 Å². The van der Waals surface area contributed by atoms with E-state index in [1.807, 2.05) is 24.9 Å². The third-order valence-electron chi connectivity index (χ3n) is 4.94. The van der Waals surface area contributed by atoms with E-state index in [1.165, 1.54) is 43.1 Å². The van der Waals surface area contributed by atoms with Crippen molar-refractivity contribution in [2.75, 3.05) is 0 Å². The molecule has 0 amide bonds. The minimum absolute atomic E-state index is 0.679. The van der Waals surface area contributed by atoms with Crippen LogP contribution in [-0.4, -0.2) is 20.8 Å². The van der Waals surface area contributed by atoms with Crippen LogP contribution in [0.2, 0.25) is 0 Å². The van der Waals surface area contributed by atoms with E-state index in [4.69, 9.17) is 0 Å². The van der Waals surface area contributed by atoms with Crippen LogP contribution in [0.3, 0.4) is 0 Å². The summed E-state index contributed by atoms with van der Waals surface area (Å²) in [5.74, 6) is 0.958. The lowest BCUT2D eigenvalue weighted by Crippen LogP contribution is -2.32. The molecule has 0 bridgehead atoms. The topological polar surface area (TPSA) is 42.7 Å². The number of aryl methyl sites for hydroxylation is 2. The SMILES string of the molecule is CCC1CCC(NCc2cnc3c(c2)c(C)nn3C)CC1. The number of rotatable bonds is 4. The molecule has 1 N–H and O–H groups in total. The van der Waals surface area contributed by atoms with Gasteiger partial charge in [0.2, 0.25) is 0 Å². The Morgan fingerprint density at radius 1 is 1.29 bits per heavy atom. The summed E-state index contributed by atoms with van der Waals surface area (Å²) in [4.78, 5) is 4.55. The summed E-state index contributed by atoms with van der Waals surface area (Å²) in [5, 5.41) is 9.31. The monoisotopic (exact) mass is 286 g/mol. The predicted octanol–water partition coefficient (Wildman–Crippen LogP) is 3.34. The van der Waals surface area contributed by atoms with E-state index in [2.05, 4.69) is 28.4 Å². The molecule has 0 spiro atoms. The van der Waals surface area contributed by atoms with E-state index < -0.39 is 0 Å². The molecule has 0 saturated heterocycles. The molecule has 1 fully saturated rings. The summed E-state index contributed by atoms with van der Waals surface area (Å²) in [6, 6.07) is 2.91. The van der Waals surface area contributed by atoms with Gasteiger partial charge in [-0.05, 0) is 50.2 Å². The zero-order valence-corrected chi connectivity index (χ0v) is 13.4. The third-order valence-corrected chi connectivity index (χ3v) is 4.94. The summed E-state index contributed by atoms with van der Waals surface area (Å²) in [6.07, 6.45) is 8.72. The standard InChI is InChI=1S/C17H26N4/c1-4-13-5-7-15(8-6-13)18-10-14-9-16-12(2)20-21(3)17(16)19-11-14/h9,11,13,15,18H,4-8,10H2,1-3H3. The Kier molecular flexibility index (Phi) is 4.24. The molecular formula is C17H26N4. The van der Waals surface area contributed by atoms with Crippen LogP contribution in [0.5, 0.6) is 0 Å². The van der Waals surface area contributed by atoms with Gasteiger partial charge in [0.1, 0.15) is 0 Å². The van der Waals surface area contributed by atoms with Gasteiger partial charge >= 0.3 is 0 Å². The minimum Gasteiger partial charge on any atom is -0.310 e. The van der Waals surface area contributed by atoms with Crippen LogP contribution in [0.1, 0.15) is 50.3 Å². The summed E-state index contributed by atoms with van der Waals surface area (Å²) in [6.45, 7) is 5.28. The number of fused-ring (bicyclic) bond motifs is 1. The maximum absolute atomic E-state index is 4.55. The maximum Gasteiger partial charge on any atom is 0.157 e. The van der Waals surface area contributed by atoms with Crippen LogP contribution in [0, 0.1) is 12.8 Å². The van der Waals surface area contributed by atoms with Gasteiger partial charge in [-0.3, -0.25) is 4.68 Å². The van der Waals surface area contributed by atoms with Crippen LogP contribution >= 0.6 is 0 Å². The second-order valence-corrected chi connectivity index (χ2v) is 6.43. The van der Waals surface area contributed by atoms with E-state index >= 15 is 0 Å². The Morgan fingerprint density at radius 3 is 2.76 bits per heavy atom. The number of pyridine rings is 1. The average molecular weight is 286 g/mol. The Morgan fingerprint density at radius 2 is 2.05 bits per heavy atom. The lowest BCUT2D eigenvalue weighted by molar-refractivity contribution is 0.285. The Labute approximate surface area is 126 Å². The lowest BCUT2D eigenvalue weighted by atomic mass is 9.84. The zero-order chi connectivity index (χ0) is 14.8. The van der Waals surface area contributed by atoms with Gasteiger partial charge in [-0.15, -0.1) is 0 Å². The van der Waals surface area contributed by atoms with E-state index in [9.17, 15) is 0 Å². The zero-order valence-electron chi connectivity index (χ0n) is 13.4. The first-order valence-electron chi connectivity index (χ1n) is 8.19. The highest BCUT2D eigenvalue weighted by atomic mass is 15.3. The summed E-state index contributed by atoms with van der Waals surface area (Å²) < 4.78 is 1.86. The minimum atomic E-state index is 0.679. The largest absolute Gasteiger partial charge is 0.310 e. The number of aromatic nitrogens is 3. The number of hydrogen-bond donors (Lipinski definition) is 1. The van der Waals surface area contributed by atoms with Gasteiger partial charge < -0.3 is 5.32 Å².